The van der Waals surface area contributed by atoms with Crippen LogP contribution in [0, 0.1) is 5.82 Å². The molecule has 1 heterocycles. The third kappa shape index (κ3) is 2.06. The van der Waals surface area contributed by atoms with Crippen LogP contribution >= 0.6 is 15.9 Å². The van der Waals surface area contributed by atoms with Gasteiger partial charge >= 0.3 is 0 Å². The fourth-order valence-electron chi connectivity index (χ4n) is 1.71. The van der Waals surface area contributed by atoms with Crippen LogP contribution in [0.4, 0.5) is 4.39 Å². The first-order valence-corrected chi connectivity index (χ1v) is 5.58. The molecule has 0 amide bonds. The normalized spacial score (nSPS) is 13.3. The van der Waals surface area contributed by atoms with Crippen LogP contribution in [0.15, 0.2) is 22.8 Å². The van der Waals surface area contributed by atoms with Crippen molar-refractivity contribution in [2.75, 3.05) is 0 Å². The van der Waals surface area contributed by atoms with Crippen molar-refractivity contribution in [2.45, 2.75) is 19.4 Å². The number of H-pyrrole nitrogens is 1. The van der Waals surface area contributed by atoms with Gasteiger partial charge in [-0.05, 0) is 53.0 Å². The number of hydrogen-bond donors (Lipinski definition) is 2. The average molecular weight is 271 g/mol. The van der Waals surface area contributed by atoms with Crippen molar-refractivity contribution in [2.24, 2.45) is 5.73 Å². The fraction of sp³-hybridized carbons (Fsp3) is 0.273. The molecule has 0 saturated heterocycles. The monoisotopic (exact) mass is 270 g/mol. The molecule has 4 heteroatoms. The number of nitrogens with one attached hydrogen (secondary N) is 1. The minimum atomic E-state index is -0.222. The van der Waals surface area contributed by atoms with E-state index in [9.17, 15) is 4.39 Å². The smallest absolute Gasteiger partial charge is 0.123 e. The van der Waals surface area contributed by atoms with Crippen LogP contribution in [-0.2, 0) is 6.42 Å². The second-order valence-electron chi connectivity index (χ2n) is 3.79. The van der Waals surface area contributed by atoms with Crippen LogP contribution in [-0.4, -0.2) is 11.0 Å². The van der Waals surface area contributed by atoms with Gasteiger partial charge in [-0.15, -0.1) is 0 Å². The zero-order valence-corrected chi connectivity index (χ0v) is 9.94. The fourth-order valence-corrected chi connectivity index (χ4v) is 2.30. The van der Waals surface area contributed by atoms with E-state index in [0.29, 0.717) is 0 Å². The van der Waals surface area contributed by atoms with E-state index in [0.717, 1.165) is 27.5 Å². The average Bonchev–Trinajstić information content (AvgIpc) is 2.43. The molecule has 2 aromatic rings. The van der Waals surface area contributed by atoms with Crippen molar-refractivity contribution in [1.29, 1.82) is 0 Å². The van der Waals surface area contributed by atoms with Gasteiger partial charge in [0.05, 0.1) is 4.60 Å². The van der Waals surface area contributed by atoms with Crippen LogP contribution in [0.25, 0.3) is 10.9 Å². The Morgan fingerprint density at radius 2 is 2.27 bits per heavy atom. The first-order chi connectivity index (χ1) is 7.08. The van der Waals surface area contributed by atoms with E-state index >= 15 is 0 Å². The number of aromatic nitrogens is 1. The van der Waals surface area contributed by atoms with Gasteiger partial charge in [0.15, 0.2) is 0 Å². The third-order valence-corrected chi connectivity index (χ3v) is 3.02. The van der Waals surface area contributed by atoms with E-state index in [1.165, 1.54) is 12.1 Å². The van der Waals surface area contributed by atoms with Gasteiger partial charge in [0.1, 0.15) is 5.82 Å². The van der Waals surface area contributed by atoms with Crippen molar-refractivity contribution in [3.8, 4) is 0 Å². The second kappa shape index (κ2) is 3.94. The molecular formula is C11H12BrFN2. The number of nitrogens with two attached hydrogens (primary N) is 1. The minimum absolute atomic E-state index is 0.0589. The van der Waals surface area contributed by atoms with Gasteiger partial charge < -0.3 is 10.7 Å². The number of rotatable bonds is 2. The van der Waals surface area contributed by atoms with Crippen molar-refractivity contribution >= 4 is 26.8 Å². The largest absolute Gasteiger partial charge is 0.349 e. The van der Waals surface area contributed by atoms with Crippen LogP contribution < -0.4 is 5.73 Å². The topological polar surface area (TPSA) is 41.8 Å². The van der Waals surface area contributed by atoms with E-state index in [4.69, 9.17) is 5.73 Å². The first-order valence-electron chi connectivity index (χ1n) is 4.79. The number of hydrogen-bond acceptors (Lipinski definition) is 1. The van der Waals surface area contributed by atoms with Crippen molar-refractivity contribution < 1.29 is 4.39 Å². The lowest BCUT2D eigenvalue weighted by Crippen LogP contribution is -2.17. The first kappa shape index (κ1) is 10.6. The molecule has 1 aromatic heterocycles. The molecule has 15 heavy (non-hydrogen) atoms. The van der Waals surface area contributed by atoms with Crippen LogP contribution in [0.5, 0.6) is 0 Å². The molecule has 0 aliphatic rings. The van der Waals surface area contributed by atoms with Crippen LogP contribution in [0.3, 0.4) is 0 Å². The molecule has 0 aliphatic heterocycles. The summed E-state index contributed by atoms with van der Waals surface area (Å²) in [6.07, 6.45) is 0.726. The van der Waals surface area contributed by atoms with Gasteiger partial charge in [-0.25, -0.2) is 4.39 Å². The maximum Gasteiger partial charge on any atom is 0.123 e. The van der Waals surface area contributed by atoms with Crippen LogP contribution in [0.2, 0.25) is 0 Å². The van der Waals surface area contributed by atoms with Crippen molar-refractivity contribution in [3.63, 3.8) is 0 Å². The summed E-state index contributed by atoms with van der Waals surface area (Å²) in [5.41, 5.74) is 7.72. The van der Waals surface area contributed by atoms with E-state index in [1.807, 2.05) is 6.92 Å². The van der Waals surface area contributed by atoms with Gasteiger partial charge in [0.25, 0.3) is 0 Å². The summed E-state index contributed by atoms with van der Waals surface area (Å²) in [5.74, 6) is -0.222. The predicted molar refractivity (Wildman–Crippen MR) is 63.3 cm³/mol. The Bertz CT molecular complexity index is 491. The zero-order chi connectivity index (χ0) is 11.0. The summed E-state index contributed by atoms with van der Waals surface area (Å²) in [6, 6.07) is 4.78. The van der Waals surface area contributed by atoms with Crippen molar-refractivity contribution in [3.05, 3.63) is 34.2 Å². The molecular weight excluding hydrogens is 259 g/mol. The second-order valence-corrected chi connectivity index (χ2v) is 4.58. The molecule has 0 saturated carbocycles. The molecule has 2 rings (SSSR count). The lowest BCUT2D eigenvalue weighted by atomic mass is 10.1. The summed E-state index contributed by atoms with van der Waals surface area (Å²) < 4.78 is 14.0. The lowest BCUT2D eigenvalue weighted by molar-refractivity contribution is 0.629. The Balaban J connectivity index is 2.60. The summed E-state index contributed by atoms with van der Waals surface area (Å²) in [6.45, 7) is 1.94. The number of halogens is 2. The Morgan fingerprint density at radius 3 is 2.93 bits per heavy atom. The number of fused-ring (bicyclic) bond motifs is 1. The van der Waals surface area contributed by atoms with E-state index in [2.05, 4.69) is 20.9 Å². The Labute approximate surface area is 95.8 Å². The van der Waals surface area contributed by atoms with Gasteiger partial charge in [0.2, 0.25) is 0 Å². The highest BCUT2D eigenvalue weighted by atomic mass is 79.9. The Hall–Kier alpha value is -0.870. The van der Waals surface area contributed by atoms with Crippen molar-refractivity contribution in [1.82, 2.24) is 4.98 Å². The van der Waals surface area contributed by atoms with Gasteiger partial charge in [0, 0.05) is 16.9 Å². The maximum absolute atomic E-state index is 13.1. The van der Waals surface area contributed by atoms with Gasteiger partial charge in [-0.2, -0.15) is 0 Å². The lowest BCUT2D eigenvalue weighted by Gasteiger charge is -2.04. The molecule has 1 aromatic carbocycles. The summed E-state index contributed by atoms with van der Waals surface area (Å²) in [7, 11) is 0. The molecule has 0 bridgehead atoms. The Kier molecular flexibility index (Phi) is 2.80. The Morgan fingerprint density at radius 1 is 1.53 bits per heavy atom. The maximum atomic E-state index is 13.1. The standard InChI is InChI=1S/C11H12BrFN2/c1-6(14)4-9-8-5-7(13)2-3-10(8)15-11(9)12/h2-3,5-6,15H,4,14H2,1H3. The molecule has 0 radical (unpaired) electrons. The minimum Gasteiger partial charge on any atom is -0.349 e. The molecule has 1 atom stereocenters. The predicted octanol–water partition coefficient (Wildman–Crippen LogP) is 2.96. The summed E-state index contributed by atoms with van der Waals surface area (Å²) in [4.78, 5) is 3.15. The van der Waals surface area contributed by atoms with E-state index in [-0.39, 0.29) is 11.9 Å². The molecule has 3 N–H and O–H groups in total. The number of benzene rings is 1. The summed E-state index contributed by atoms with van der Waals surface area (Å²) >= 11 is 3.43. The third-order valence-electron chi connectivity index (χ3n) is 2.34. The van der Waals surface area contributed by atoms with E-state index in [1.54, 1.807) is 6.07 Å². The highest BCUT2D eigenvalue weighted by molar-refractivity contribution is 9.10. The zero-order valence-electron chi connectivity index (χ0n) is 8.35. The molecule has 80 valence electrons. The molecule has 0 spiro atoms. The molecule has 0 aliphatic carbocycles. The molecule has 0 fully saturated rings. The number of aromatic amines is 1. The highest BCUT2D eigenvalue weighted by Gasteiger charge is 2.11. The van der Waals surface area contributed by atoms with Gasteiger partial charge in [-0.3, -0.25) is 0 Å². The highest BCUT2D eigenvalue weighted by Crippen LogP contribution is 2.27. The van der Waals surface area contributed by atoms with Crippen LogP contribution in [0.1, 0.15) is 12.5 Å². The molecule has 1 unspecified atom stereocenters. The SMILES string of the molecule is CC(N)Cc1c(Br)[nH]c2ccc(F)cc12. The molecule has 2 nitrogen and oxygen atoms in total. The quantitative estimate of drug-likeness (QED) is 0.866. The van der Waals surface area contributed by atoms with Gasteiger partial charge in [-0.1, -0.05) is 0 Å². The van der Waals surface area contributed by atoms with E-state index < -0.39 is 0 Å². The summed E-state index contributed by atoms with van der Waals surface area (Å²) in [5, 5.41) is 0.902.